The van der Waals surface area contributed by atoms with E-state index in [-0.39, 0.29) is 0 Å². The summed E-state index contributed by atoms with van der Waals surface area (Å²) in [5.41, 5.74) is 7.28. The van der Waals surface area contributed by atoms with E-state index in [2.05, 4.69) is 21.2 Å². The molecule has 0 radical (unpaired) electrons. The van der Waals surface area contributed by atoms with Gasteiger partial charge < -0.3 is 15.8 Å². The summed E-state index contributed by atoms with van der Waals surface area (Å²) in [7, 11) is 3.43. The van der Waals surface area contributed by atoms with E-state index in [1.807, 2.05) is 13.1 Å². The zero-order valence-corrected chi connectivity index (χ0v) is 8.60. The number of hydrogen-bond acceptors (Lipinski definition) is 3. The molecule has 0 saturated heterocycles. The minimum Gasteiger partial charge on any atom is -0.495 e. The summed E-state index contributed by atoms with van der Waals surface area (Å²) in [6.45, 7) is 0. The molecule has 0 atom stereocenters. The van der Waals surface area contributed by atoms with Crippen molar-refractivity contribution in [1.29, 1.82) is 0 Å². The Morgan fingerprint density at radius 2 is 2.17 bits per heavy atom. The average molecular weight is 231 g/mol. The summed E-state index contributed by atoms with van der Waals surface area (Å²) in [5, 5.41) is 2.98. The zero-order chi connectivity index (χ0) is 9.14. The molecule has 1 aromatic carbocycles. The van der Waals surface area contributed by atoms with Crippen LogP contribution >= 0.6 is 15.9 Å². The van der Waals surface area contributed by atoms with E-state index >= 15 is 0 Å². The molecular weight excluding hydrogens is 220 g/mol. The monoisotopic (exact) mass is 230 g/mol. The van der Waals surface area contributed by atoms with Crippen molar-refractivity contribution < 1.29 is 4.74 Å². The van der Waals surface area contributed by atoms with Crippen LogP contribution in [0.2, 0.25) is 0 Å². The number of benzene rings is 1. The minimum atomic E-state index is 0.678. The highest BCUT2D eigenvalue weighted by molar-refractivity contribution is 9.10. The Morgan fingerprint density at radius 3 is 2.67 bits per heavy atom. The molecule has 0 fully saturated rings. The van der Waals surface area contributed by atoms with Crippen molar-refractivity contribution in [2.75, 3.05) is 25.2 Å². The van der Waals surface area contributed by atoms with E-state index in [9.17, 15) is 0 Å². The van der Waals surface area contributed by atoms with Gasteiger partial charge in [0.1, 0.15) is 5.75 Å². The molecule has 0 aliphatic carbocycles. The van der Waals surface area contributed by atoms with Gasteiger partial charge in [0, 0.05) is 13.1 Å². The van der Waals surface area contributed by atoms with Gasteiger partial charge >= 0.3 is 0 Å². The van der Waals surface area contributed by atoms with Crippen LogP contribution < -0.4 is 15.8 Å². The Hall–Kier alpha value is -0.900. The summed E-state index contributed by atoms with van der Waals surface area (Å²) in [5.74, 6) is 0.742. The number of nitrogen functional groups attached to an aromatic ring is 1. The first-order valence-electron chi connectivity index (χ1n) is 3.49. The summed E-state index contributed by atoms with van der Waals surface area (Å²) < 4.78 is 5.96. The minimum absolute atomic E-state index is 0.678. The molecule has 0 aromatic heterocycles. The molecule has 0 aliphatic heterocycles. The second kappa shape index (κ2) is 3.67. The van der Waals surface area contributed by atoms with Crippen molar-refractivity contribution in [3.05, 3.63) is 16.6 Å². The molecule has 0 spiro atoms. The smallest absolute Gasteiger partial charge is 0.135 e. The fraction of sp³-hybridized carbons (Fsp3) is 0.250. The molecule has 66 valence electrons. The molecular formula is C8H11BrN2O. The molecule has 1 aromatic rings. The standard InChI is InChI=1S/C8H11BrN2O/c1-11-7-3-5(9)8(12-2)4-6(7)10/h3-4,11H,10H2,1-2H3. The normalized spacial score (nSPS) is 9.58. The van der Waals surface area contributed by atoms with Gasteiger partial charge in [0.25, 0.3) is 0 Å². The van der Waals surface area contributed by atoms with Crippen LogP contribution in [0.25, 0.3) is 0 Å². The first-order valence-corrected chi connectivity index (χ1v) is 4.29. The molecule has 1 rings (SSSR count). The van der Waals surface area contributed by atoms with Crippen LogP contribution in [0.1, 0.15) is 0 Å². The molecule has 0 heterocycles. The number of rotatable bonds is 2. The van der Waals surface area contributed by atoms with Crippen LogP contribution in [0.4, 0.5) is 11.4 Å². The number of anilines is 2. The van der Waals surface area contributed by atoms with Gasteiger partial charge in [-0.15, -0.1) is 0 Å². The van der Waals surface area contributed by atoms with Gasteiger partial charge in [-0.3, -0.25) is 0 Å². The lowest BCUT2D eigenvalue weighted by Crippen LogP contribution is -1.96. The third-order valence-corrected chi connectivity index (χ3v) is 2.21. The maximum atomic E-state index is 5.71. The van der Waals surface area contributed by atoms with Gasteiger partial charge in [0.05, 0.1) is 23.0 Å². The Balaban J connectivity index is 3.16. The summed E-state index contributed by atoms with van der Waals surface area (Å²) in [4.78, 5) is 0. The number of ether oxygens (including phenoxy) is 1. The van der Waals surface area contributed by atoms with Gasteiger partial charge in [0.15, 0.2) is 0 Å². The molecule has 0 bridgehead atoms. The second-order valence-electron chi connectivity index (χ2n) is 2.32. The topological polar surface area (TPSA) is 47.3 Å². The quantitative estimate of drug-likeness (QED) is 0.766. The highest BCUT2D eigenvalue weighted by Crippen LogP contribution is 2.32. The van der Waals surface area contributed by atoms with Gasteiger partial charge in [0.2, 0.25) is 0 Å². The van der Waals surface area contributed by atoms with E-state index in [0.29, 0.717) is 5.69 Å². The van der Waals surface area contributed by atoms with Crippen molar-refractivity contribution in [1.82, 2.24) is 0 Å². The number of nitrogens with one attached hydrogen (secondary N) is 1. The molecule has 0 unspecified atom stereocenters. The van der Waals surface area contributed by atoms with Crippen LogP contribution in [-0.2, 0) is 0 Å². The first-order chi connectivity index (χ1) is 5.69. The first kappa shape index (κ1) is 9.19. The molecule has 4 heteroatoms. The van der Waals surface area contributed by atoms with Crippen molar-refractivity contribution in [2.24, 2.45) is 0 Å². The molecule has 0 saturated carbocycles. The SMILES string of the molecule is CNc1cc(Br)c(OC)cc1N. The van der Waals surface area contributed by atoms with E-state index in [4.69, 9.17) is 10.5 Å². The lowest BCUT2D eigenvalue weighted by Gasteiger charge is -2.08. The molecule has 3 nitrogen and oxygen atoms in total. The van der Waals surface area contributed by atoms with Crippen molar-refractivity contribution in [3.8, 4) is 5.75 Å². The lowest BCUT2D eigenvalue weighted by atomic mass is 10.2. The largest absolute Gasteiger partial charge is 0.495 e. The maximum absolute atomic E-state index is 5.71. The number of methoxy groups -OCH3 is 1. The predicted molar refractivity (Wildman–Crippen MR) is 54.7 cm³/mol. The van der Waals surface area contributed by atoms with Gasteiger partial charge in [-0.05, 0) is 22.0 Å². The van der Waals surface area contributed by atoms with E-state index in [1.54, 1.807) is 13.2 Å². The summed E-state index contributed by atoms with van der Waals surface area (Å²) in [6.07, 6.45) is 0. The zero-order valence-electron chi connectivity index (χ0n) is 7.02. The Morgan fingerprint density at radius 1 is 1.50 bits per heavy atom. The van der Waals surface area contributed by atoms with Crippen LogP contribution in [-0.4, -0.2) is 14.2 Å². The highest BCUT2D eigenvalue weighted by Gasteiger charge is 2.04. The van der Waals surface area contributed by atoms with E-state index in [0.717, 1.165) is 15.9 Å². The molecule has 12 heavy (non-hydrogen) atoms. The Bertz CT molecular complexity index is 259. The molecule has 0 aliphatic rings. The number of nitrogens with two attached hydrogens (primary N) is 1. The summed E-state index contributed by atoms with van der Waals surface area (Å²) in [6, 6.07) is 3.66. The van der Waals surface area contributed by atoms with Gasteiger partial charge in [-0.2, -0.15) is 0 Å². The van der Waals surface area contributed by atoms with Gasteiger partial charge in [-0.25, -0.2) is 0 Å². The Kier molecular flexibility index (Phi) is 2.81. The van der Waals surface area contributed by atoms with Crippen LogP contribution in [0.5, 0.6) is 5.75 Å². The second-order valence-corrected chi connectivity index (χ2v) is 3.18. The van der Waals surface area contributed by atoms with Crippen molar-refractivity contribution in [2.45, 2.75) is 0 Å². The van der Waals surface area contributed by atoms with E-state index in [1.165, 1.54) is 0 Å². The van der Waals surface area contributed by atoms with Crippen LogP contribution in [0.15, 0.2) is 16.6 Å². The van der Waals surface area contributed by atoms with Crippen molar-refractivity contribution in [3.63, 3.8) is 0 Å². The van der Waals surface area contributed by atoms with Gasteiger partial charge in [-0.1, -0.05) is 0 Å². The fourth-order valence-electron chi connectivity index (χ4n) is 0.942. The van der Waals surface area contributed by atoms with Crippen LogP contribution in [0.3, 0.4) is 0 Å². The lowest BCUT2D eigenvalue weighted by molar-refractivity contribution is 0.412. The van der Waals surface area contributed by atoms with E-state index < -0.39 is 0 Å². The number of hydrogen-bond donors (Lipinski definition) is 2. The third-order valence-electron chi connectivity index (χ3n) is 1.59. The van der Waals surface area contributed by atoms with Crippen LogP contribution in [0, 0.1) is 0 Å². The molecule has 0 amide bonds. The number of halogens is 1. The average Bonchev–Trinajstić information content (AvgIpc) is 2.08. The summed E-state index contributed by atoms with van der Waals surface area (Å²) >= 11 is 3.36. The molecule has 3 N–H and O–H groups in total. The predicted octanol–water partition coefficient (Wildman–Crippen LogP) is 2.08. The Labute approximate surface area is 80.0 Å². The third kappa shape index (κ3) is 1.64. The van der Waals surface area contributed by atoms with Crippen molar-refractivity contribution >= 4 is 27.3 Å². The maximum Gasteiger partial charge on any atom is 0.135 e. The highest BCUT2D eigenvalue weighted by atomic mass is 79.9. The fourth-order valence-corrected chi connectivity index (χ4v) is 1.45.